The van der Waals surface area contributed by atoms with Crippen molar-refractivity contribution in [1.29, 1.82) is 0 Å². The van der Waals surface area contributed by atoms with Crippen LogP contribution in [0.3, 0.4) is 0 Å². The Hall–Kier alpha value is -1.87. The lowest BCUT2D eigenvalue weighted by Gasteiger charge is -2.21. The first kappa shape index (κ1) is 15.5. The van der Waals surface area contributed by atoms with Crippen molar-refractivity contribution in [1.82, 2.24) is 5.32 Å². The molecule has 0 bridgehead atoms. The lowest BCUT2D eigenvalue weighted by molar-refractivity contribution is 0.398. The van der Waals surface area contributed by atoms with Gasteiger partial charge in [-0.05, 0) is 36.2 Å². The van der Waals surface area contributed by atoms with E-state index in [0.29, 0.717) is 17.2 Å². The number of methoxy groups -OCH3 is 1. The van der Waals surface area contributed by atoms with E-state index >= 15 is 0 Å². The van der Waals surface area contributed by atoms with E-state index in [2.05, 4.69) is 31.3 Å². The van der Waals surface area contributed by atoms with Crippen LogP contribution in [-0.2, 0) is 0 Å². The van der Waals surface area contributed by atoms with Gasteiger partial charge < -0.3 is 10.1 Å². The van der Waals surface area contributed by atoms with Crippen LogP contribution < -0.4 is 10.1 Å². The normalized spacial score (nSPS) is 12.5. The number of ether oxygens (including phenoxy) is 1. The molecule has 2 rings (SSSR count). The van der Waals surface area contributed by atoms with Gasteiger partial charge >= 0.3 is 0 Å². The monoisotopic (exact) mass is 287 g/mol. The molecule has 1 unspecified atom stereocenters. The molecule has 0 radical (unpaired) electrons. The summed E-state index contributed by atoms with van der Waals surface area (Å²) < 4.78 is 19.6. The molecule has 2 nitrogen and oxygen atoms in total. The summed E-state index contributed by atoms with van der Waals surface area (Å²) in [7, 11) is 3.39. The topological polar surface area (TPSA) is 21.3 Å². The van der Waals surface area contributed by atoms with Crippen molar-refractivity contribution in [3.8, 4) is 5.75 Å². The number of benzene rings is 2. The molecular weight excluding hydrogens is 265 g/mol. The maximum absolute atomic E-state index is 14.2. The molecule has 0 fully saturated rings. The van der Waals surface area contributed by atoms with E-state index < -0.39 is 0 Å². The second-order valence-corrected chi connectivity index (χ2v) is 5.40. The zero-order valence-corrected chi connectivity index (χ0v) is 13.0. The van der Waals surface area contributed by atoms with Gasteiger partial charge in [0.15, 0.2) is 0 Å². The van der Waals surface area contributed by atoms with Crippen LogP contribution >= 0.6 is 0 Å². The van der Waals surface area contributed by atoms with Crippen LogP contribution in [0.15, 0.2) is 42.5 Å². The number of hydrogen-bond donors (Lipinski definition) is 1. The van der Waals surface area contributed by atoms with E-state index in [1.807, 2.05) is 19.2 Å². The lowest BCUT2D eigenvalue weighted by Crippen LogP contribution is -2.20. The Morgan fingerprint density at radius 2 is 1.62 bits per heavy atom. The second kappa shape index (κ2) is 6.72. The van der Waals surface area contributed by atoms with Gasteiger partial charge in [-0.25, -0.2) is 4.39 Å². The van der Waals surface area contributed by atoms with Gasteiger partial charge in [0.05, 0.1) is 18.7 Å². The molecule has 1 atom stereocenters. The minimum Gasteiger partial charge on any atom is -0.496 e. The highest BCUT2D eigenvalue weighted by Gasteiger charge is 2.20. The summed E-state index contributed by atoms with van der Waals surface area (Å²) in [5.74, 6) is 0.777. The van der Waals surface area contributed by atoms with Crippen molar-refractivity contribution >= 4 is 0 Å². The predicted octanol–water partition coefficient (Wildman–Crippen LogP) is 4.27. The maximum atomic E-state index is 14.2. The van der Waals surface area contributed by atoms with Crippen molar-refractivity contribution in [3.05, 3.63) is 65.0 Å². The van der Waals surface area contributed by atoms with Crippen LogP contribution in [0.2, 0.25) is 0 Å². The van der Waals surface area contributed by atoms with Gasteiger partial charge in [0.25, 0.3) is 0 Å². The Kier molecular flexibility index (Phi) is 4.97. The third kappa shape index (κ3) is 3.24. The van der Waals surface area contributed by atoms with Gasteiger partial charge in [0, 0.05) is 0 Å². The number of hydrogen-bond acceptors (Lipinski definition) is 2. The van der Waals surface area contributed by atoms with Crippen LogP contribution in [0, 0.1) is 5.82 Å². The van der Waals surface area contributed by atoms with Gasteiger partial charge in [0.1, 0.15) is 11.6 Å². The molecule has 0 spiro atoms. The third-order valence-corrected chi connectivity index (χ3v) is 3.75. The molecule has 0 amide bonds. The van der Waals surface area contributed by atoms with Crippen molar-refractivity contribution < 1.29 is 9.13 Å². The van der Waals surface area contributed by atoms with Gasteiger partial charge in [-0.1, -0.05) is 44.2 Å². The first-order valence-corrected chi connectivity index (χ1v) is 7.18. The average Bonchev–Trinajstić information content (AvgIpc) is 2.50. The third-order valence-electron chi connectivity index (χ3n) is 3.75. The van der Waals surface area contributed by atoms with E-state index in [0.717, 1.165) is 5.56 Å². The van der Waals surface area contributed by atoms with E-state index in [-0.39, 0.29) is 11.9 Å². The number of halogens is 1. The van der Waals surface area contributed by atoms with Crippen LogP contribution in [0.25, 0.3) is 0 Å². The fourth-order valence-electron chi connectivity index (χ4n) is 2.53. The Morgan fingerprint density at radius 1 is 1.00 bits per heavy atom. The van der Waals surface area contributed by atoms with Gasteiger partial charge in [-0.15, -0.1) is 0 Å². The largest absolute Gasteiger partial charge is 0.496 e. The molecule has 112 valence electrons. The van der Waals surface area contributed by atoms with Crippen molar-refractivity contribution in [2.24, 2.45) is 0 Å². The summed E-state index contributed by atoms with van der Waals surface area (Å²) in [5, 5.41) is 3.18. The summed E-state index contributed by atoms with van der Waals surface area (Å²) in [6.07, 6.45) is 0. The molecule has 21 heavy (non-hydrogen) atoms. The summed E-state index contributed by atoms with van der Waals surface area (Å²) in [5.41, 5.74) is 2.83. The van der Waals surface area contributed by atoms with E-state index in [9.17, 15) is 4.39 Å². The van der Waals surface area contributed by atoms with Gasteiger partial charge in [-0.2, -0.15) is 0 Å². The molecule has 0 saturated heterocycles. The summed E-state index contributed by atoms with van der Waals surface area (Å²) in [6, 6.07) is 12.9. The number of nitrogens with one attached hydrogen (secondary N) is 1. The molecule has 2 aromatic carbocycles. The Labute approximate surface area is 126 Å². The van der Waals surface area contributed by atoms with Gasteiger partial charge in [-0.3, -0.25) is 0 Å². The van der Waals surface area contributed by atoms with Crippen LogP contribution in [0.1, 0.15) is 42.5 Å². The maximum Gasteiger partial charge on any atom is 0.132 e. The van der Waals surface area contributed by atoms with Gasteiger partial charge in [0.2, 0.25) is 0 Å². The van der Waals surface area contributed by atoms with E-state index in [1.165, 1.54) is 11.6 Å². The second-order valence-electron chi connectivity index (χ2n) is 5.40. The molecule has 0 saturated carbocycles. The Morgan fingerprint density at radius 3 is 2.14 bits per heavy atom. The fourth-order valence-corrected chi connectivity index (χ4v) is 2.53. The predicted molar refractivity (Wildman–Crippen MR) is 84.4 cm³/mol. The molecule has 0 heterocycles. The zero-order valence-electron chi connectivity index (χ0n) is 13.0. The molecule has 0 aliphatic carbocycles. The first-order valence-electron chi connectivity index (χ1n) is 7.18. The molecule has 0 aliphatic heterocycles. The molecule has 0 aliphatic rings. The standard InChI is InChI=1S/C18H22FNO/c1-12(2)13-8-10-14(11-9-13)18(20-3)17-15(19)6-5-7-16(17)21-4/h5-12,18,20H,1-4H3. The molecule has 0 aromatic heterocycles. The Balaban J connectivity index is 2.44. The quantitative estimate of drug-likeness (QED) is 0.887. The summed E-state index contributed by atoms with van der Waals surface area (Å²) in [4.78, 5) is 0. The minimum atomic E-state index is -0.262. The molecule has 2 aromatic rings. The zero-order chi connectivity index (χ0) is 15.4. The molecular formula is C18H22FNO. The van der Waals surface area contributed by atoms with Crippen LogP contribution in [0.5, 0.6) is 5.75 Å². The highest BCUT2D eigenvalue weighted by Crippen LogP contribution is 2.32. The summed E-state index contributed by atoms with van der Waals surface area (Å²) >= 11 is 0. The smallest absolute Gasteiger partial charge is 0.132 e. The van der Waals surface area contributed by atoms with E-state index in [4.69, 9.17) is 4.74 Å². The first-order chi connectivity index (χ1) is 10.1. The van der Waals surface area contributed by atoms with Crippen molar-refractivity contribution in [3.63, 3.8) is 0 Å². The van der Waals surface area contributed by atoms with Crippen LogP contribution in [0.4, 0.5) is 4.39 Å². The van der Waals surface area contributed by atoms with Crippen LogP contribution in [-0.4, -0.2) is 14.2 Å². The fraction of sp³-hybridized carbons (Fsp3) is 0.333. The molecule has 3 heteroatoms. The van der Waals surface area contributed by atoms with Crippen molar-refractivity contribution in [2.45, 2.75) is 25.8 Å². The average molecular weight is 287 g/mol. The number of rotatable bonds is 5. The molecule has 1 N–H and O–H groups in total. The van der Waals surface area contributed by atoms with E-state index in [1.54, 1.807) is 19.2 Å². The SMILES string of the molecule is CNC(c1ccc(C(C)C)cc1)c1c(F)cccc1OC. The lowest BCUT2D eigenvalue weighted by atomic mass is 9.94. The highest BCUT2D eigenvalue weighted by atomic mass is 19.1. The highest BCUT2D eigenvalue weighted by molar-refractivity contribution is 5.43. The van der Waals surface area contributed by atoms with Crippen molar-refractivity contribution in [2.75, 3.05) is 14.2 Å². The summed E-state index contributed by atoms with van der Waals surface area (Å²) in [6.45, 7) is 4.31. The minimum absolute atomic E-state index is 0.234. The Bertz CT molecular complexity index is 593.